The molecule has 0 aliphatic carbocycles. The Kier molecular flexibility index (Phi) is 8.82. The highest BCUT2D eigenvalue weighted by molar-refractivity contribution is 8.02. The van der Waals surface area contributed by atoms with E-state index in [1.54, 1.807) is 16.7 Å². The molecule has 39 heavy (non-hydrogen) atoms. The van der Waals surface area contributed by atoms with Gasteiger partial charge in [-0.25, -0.2) is 0 Å². The molecule has 1 aromatic carbocycles. The number of aliphatic hydroxyl groups excluding tert-OH is 1. The summed E-state index contributed by atoms with van der Waals surface area (Å²) in [4.78, 5) is 48.2. The zero-order valence-corrected chi connectivity index (χ0v) is 23.7. The number of amides is 3. The molecule has 2 saturated heterocycles. The highest BCUT2D eigenvalue weighted by atomic mass is 32.2. The van der Waals surface area contributed by atoms with Gasteiger partial charge < -0.3 is 19.8 Å². The average molecular weight is 552 g/mol. The van der Waals surface area contributed by atoms with Crippen molar-refractivity contribution in [1.29, 1.82) is 0 Å². The Morgan fingerprint density at radius 2 is 1.67 bits per heavy atom. The summed E-state index contributed by atoms with van der Waals surface area (Å²) in [6.07, 6.45) is 13.6. The second-order valence-electron chi connectivity index (χ2n) is 11.2. The number of hydrogen-bond donors (Lipinski definition) is 1. The number of unbranched alkanes of at least 4 members (excludes halogenated alkanes) is 4. The van der Waals surface area contributed by atoms with Crippen LogP contribution in [0.5, 0.6) is 0 Å². The molecule has 5 atom stereocenters. The molecule has 1 N–H and O–H groups in total. The molecule has 0 bridgehead atoms. The monoisotopic (exact) mass is 551 g/mol. The van der Waals surface area contributed by atoms with Gasteiger partial charge in [-0.1, -0.05) is 74.4 Å². The van der Waals surface area contributed by atoms with Crippen molar-refractivity contribution in [3.63, 3.8) is 0 Å². The van der Waals surface area contributed by atoms with Crippen molar-refractivity contribution in [1.82, 2.24) is 14.7 Å². The SMILES string of the molecule is CCCCCN1CC=C[C@]23S[C@H]4C=CCN(Cc5ccccc5)C(=O)[C@H]4[C@H]2C(=O)N(CCCCCO)C3C1=O. The fraction of sp³-hybridized carbons (Fsp3) is 0.581. The van der Waals surface area contributed by atoms with E-state index in [2.05, 4.69) is 31.2 Å². The van der Waals surface area contributed by atoms with E-state index >= 15 is 0 Å². The second-order valence-corrected chi connectivity index (χ2v) is 12.7. The van der Waals surface area contributed by atoms with Gasteiger partial charge in [-0.15, -0.1) is 11.8 Å². The van der Waals surface area contributed by atoms with E-state index < -0.39 is 22.6 Å². The van der Waals surface area contributed by atoms with Crippen LogP contribution in [0.2, 0.25) is 0 Å². The molecule has 210 valence electrons. The number of rotatable bonds is 11. The third-order valence-corrected chi connectivity index (χ3v) is 10.4. The number of fused-ring (bicyclic) bond motifs is 2. The van der Waals surface area contributed by atoms with Crippen LogP contribution in [0, 0.1) is 11.8 Å². The van der Waals surface area contributed by atoms with E-state index in [1.807, 2.05) is 40.1 Å². The van der Waals surface area contributed by atoms with Gasteiger partial charge in [-0.3, -0.25) is 14.4 Å². The first-order valence-corrected chi connectivity index (χ1v) is 15.4. The van der Waals surface area contributed by atoms with Gasteiger partial charge in [0.15, 0.2) is 0 Å². The molecule has 3 amide bonds. The molecule has 0 aromatic heterocycles. The number of hydrogen-bond acceptors (Lipinski definition) is 5. The summed E-state index contributed by atoms with van der Waals surface area (Å²) in [5.74, 6) is -1.13. The molecule has 4 heterocycles. The highest BCUT2D eigenvalue weighted by Crippen LogP contribution is 2.61. The van der Waals surface area contributed by atoms with Crippen molar-refractivity contribution in [2.45, 2.75) is 68.0 Å². The topological polar surface area (TPSA) is 81.2 Å². The van der Waals surface area contributed by atoms with Gasteiger partial charge in [0.05, 0.1) is 16.6 Å². The minimum atomic E-state index is -0.754. The largest absolute Gasteiger partial charge is 0.396 e. The molecule has 5 rings (SSSR count). The Labute approximate surface area is 236 Å². The summed E-state index contributed by atoms with van der Waals surface area (Å²) in [5, 5.41) is 9.11. The standard InChI is InChI=1S/C31H41N3O4S/c1-2-3-8-17-32-19-12-16-31-26(29(37)34(27(31)30(32)38)20-9-5-10-21-35)25-24(39-31)15-11-18-33(28(25)36)22-23-13-6-4-7-14-23/h4,6-7,11-16,24-27,35H,2-3,5,8-10,17-22H2,1H3/t24-,25+,26-,27?,31-/m0/s1. The van der Waals surface area contributed by atoms with Gasteiger partial charge in [0, 0.05) is 44.6 Å². The Hall–Kier alpha value is -2.58. The number of thioether (sulfide) groups is 1. The van der Waals surface area contributed by atoms with Crippen molar-refractivity contribution >= 4 is 29.5 Å². The van der Waals surface area contributed by atoms with E-state index in [1.165, 1.54) is 0 Å². The quantitative estimate of drug-likeness (QED) is 0.336. The number of likely N-dealkylation sites (tertiary alicyclic amines) is 1. The lowest BCUT2D eigenvalue weighted by Gasteiger charge is -2.35. The van der Waals surface area contributed by atoms with Gasteiger partial charge in [0.1, 0.15) is 6.04 Å². The summed E-state index contributed by atoms with van der Waals surface area (Å²) >= 11 is 1.65. The Bertz CT molecular complexity index is 1110. The molecule has 8 heteroatoms. The normalized spacial score (nSPS) is 29.9. The molecule has 1 unspecified atom stereocenters. The molecule has 4 aliphatic rings. The third kappa shape index (κ3) is 5.30. The van der Waals surface area contributed by atoms with Crippen LogP contribution in [0.4, 0.5) is 0 Å². The van der Waals surface area contributed by atoms with Gasteiger partial charge in [-0.05, 0) is 31.2 Å². The number of aliphatic hydroxyl groups is 1. The van der Waals surface area contributed by atoms with Crippen LogP contribution in [-0.2, 0) is 20.9 Å². The van der Waals surface area contributed by atoms with Gasteiger partial charge in [0.2, 0.25) is 17.7 Å². The lowest BCUT2D eigenvalue weighted by Crippen LogP contribution is -2.53. The molecular weight excluding hydrogens is 510 g/mol. The first-order valence-electron chi connectivity index (χ1n) is 14.6. The zero-order valence-electron chi connectivity index (χ0n) is 22.9. The molecule has 0 saturated carbocycles. The minimum absolute atomic E-state index is 0.00218. The van der Waals surface area contributed by atoms with Gasteiger partial charge in [-0.2, -0.15) is 0 Å². The number of carbonyl (C=O) groups is 3. The van der Waals surface area contributed by atoms with E-state index in [0.717, 1.165) is 37.7 Å². The van der Waals surface area contributed by atoms with Crippen LogP contribution in [0.25, 0.3) is 0 Å². The van der Waals surface area contributed by atoms with Gasteiger partial charge in [0.25, 0.3) is 0 Å². The van der Waals surface area contributed by atoms with Crippen LogP contribution in [0.3, 0.4) is 0 Å². The fourth-order valence-electron chi connectivity index (χ4n) is 6.75. The Morgan fingerprint density at radius 1 is 0.897 bits per heavy atom. The number of carbonyl (C=O) groups excluding carboxylic acids is 3. The van der Waals surface area contributed by atoms with Crippen molar-refractivity contribution in [3.05, 3.63) is 60.2 Å². The van der Waals surface area contributed by atoms with Gasteiger partial charge >= 0.3 is 0 Å². The lowest BCUT2D eigenvalue weighted by atomic mass is 9.78. The Balaban J connectivity index is 1.47. The summed E-state index contributed by atoms with van der Waals surface area (Å²) in [6.45, 7) is 4.98. The first kappa shape index (κ1) is 28.0. The molecule has 7 nitrogen and oxygen atoms in total. The fourth-order valence-corrected chi connectivity index (χ4v) is 8.75. The van der Waals surface area contributed by atoms with E-state index in [-0.39, 0.29) is 29.6 Å². The average Bonchev–Trinajstić information content (AvgIpc) is 3.26. The number of nitrogens with zero attached hydrogens (tertiary/aromatic N) is 3. The second kappa shape index (κ2) is 12.3. The summed E-state index contributed by atoms with van der Waals surface area (Å²) in [7, 11) is 0. The van der Waals surface area contributed by atoms with Crippen LogP contribution in [-0.4, -0.2) is 86.4 Å². The first-order chi connectivity index (χ1) is 19.0. The van der Waals surface area contributed by atoms with Crippen molar-refractivity contribution < 1.29 is 19.5 Å². The minimum Gasteiger partial charge on any atom is -0.396 e. The van der Waals surface area contributed by atoms with E-state index in [4.69, 9.17) is 0 Å². The molecule has 1 aromatic rings. The highest BCUT2D eigenvalue weighted by Gasteiger charge is 2.70. The number of benzene rings is 1. The van der Waals surface area contributed by atoms with Crippen LogP contribution < -0.4 is 0 Å². The Morgan fingerprint density at radius 3 is 2.44 bits per heavy atom. The predicted octanol–water partition coefficient (Wildman–Crippen LogP) is 3.63. The smallest absolute Gasteiger partial charge is 0.247 e. The molecular formula is C31H41N3O4S. The van der Waals surface area contributed by atoms with Crippen LogP contribution in [0.1, 0.15) is 51.0 Å². The maximum absolute atomic E-state index is 14.3. The zero-order chi connectivity index (χ0) is 27.4. The van der Waals surface area contributed by atoms with E-state index in [0.29, 0.717) is 39.1 Å². The van der Waals surface area contributed by atoms with Crippen LogP contribution in [0.15, 0.2) is 54.6 Å². The summed E-state index contributed by atoms with van der Waals surface area (Å²) in [6, 6.07) is 9.36. The lowest BCUT2D eigenvalue weighted by molar-refractivity contribution is -0.144. The maximum atomic E-state index is 14.3. The third-order valence-electron chi connectivity index (χ3n) is 8.63. The van der Waals surface area contributed by atoms with Crippen molar-refractivity contribution in [2.75, 3.05) is 32.8 Å². The molecule has 4 aliphatic heterocycles. The summed E-state index contributed by atoms with van der Waals surface area (Å²) in [5.41, 5.74) is 1.06. The van der Waals surface area contributed by atoms with Crippen molar-refractivity contribution in [3.8, 4) is 0 Å². The molecule has 2 fully saturated rings. The molecule has 1 spiro atoms. The predicted molar refractivity (Wildman–Crippen MR) is 154 cm³/mol. The summed E-state index contributed by atoms with van der Waals surface area (Å²) < 4.78 is -0.754. The van der Waals surface area contributed by atoms with Crippen molar-refractivity contribution in [2.24, 2.45) is 11.8 Å². The maximum Gasteiger partial charge on any atom is 0.247 e. The van der Waals surface area contributed by atoms with Crippen LogP contribution >= 0.6 is 11.8 Å². The molecule has 0 radical (unpaired) electrons. The van der Waals surface area contributed by atoms with E-state index in [9.17, 15) is 19.5 Å².